The molecule has 0 heterocycles. The summed E-state index contributed by atoms with van der Waals surface area (Å²) in [5.41, 5.74) is 7.86. The van der Waals surface area contributed by atoms with Crippen molar-refractivity contribution in [1.82, 2.24) is 0 Å². The summed E-state index contributed by atoms with van der Waals surface area (Å²) in [6.45, 7) is 0.523. The van der Waals surface area contributed by atoms with E-state index in [4.69, 9.17) is 28.9 Å². The number of para-hydroxylation sites is 1. The van der Waals surface area contributed by atoms with Gasteiger partial charge >= 0.3 is 0 Å². The summed E-state index contributed by atoms with van der Waals surface area (Å²) in [7, 11) is 0. The molecule has 2 aromatic rings. The Kier molecular flexibility index (Phi) is 4.88. The van der Waals surface area contributed by atoms with E-state index in [0.29, 0.717) is 16.6 Å². The Morgan fingerprint density at radius 1 is 1.05 bits per heavy atom. The van der Waals surface area contributed by atoms with Gasteiger partial charge in [0.25, 0.3) is 0 Å². The van der Waals surface area contributed by atoms with Gasteiger partial charge in [0.05, 0.1) is 16.5 Å². The Bertz CT molecular complexity index is 629. The molecule has 5 heteroatoms. The molecule has 0 fully saturated rings. The van der Waals surface area contributed by atoms with Crippen LogP contribution in [0.4, 0.5) is 5.69 Å². The van der Waals surface area contributed by atoms with E-state index in [9.17, 15) is 4.79 Å². The lowest BCUT2D eigenvalue weighted by Gasteiger charge is -2.12. The first-order valence-electron chi connectivity index (χ1n) is 6.11. The van der Waals surface area contributed by atoms with Crippen LogP contribution in [0.25, 0.3) is 0 Å². The number of nitrogens with two attached hydrogens (primary N) is 1. The lowest BCUT2D eigenvalue weighted by Crippen LogP contribution is -2.15. The van der Waals surface area contributed by atoms with E-state index >= 15 is 0 Å². The summed E-state index contributed by atoms with van der Waals surface area (Å²) < 4.78 is 0. The Balaban J connectivity index is 2.15. The predicted molar refractivity (Wildman–Crippen MR) is 83.1 cm³/mol. The fourth-order valence-electron chi connectivity index (χ4n) is 1.91. The molecule has 1 amide bonds. The van der Waals surface area contributed by atoms with Crippen LogP contribution in [0.2, 0.25) is 10.0 Å². The zero-order valence-electron chi connectivity index (χ0n) is 10.7. The highest BCUT2D eigenvalue weighted by Crippen LogP contribution is 2.26. The molecule has 3 N–H and O–H groups in total. The summed E-state index contributed by atoms with van der Waals surface area (Å²) in [5.74, 6) is -0.361. The minimum atomic E-state index is -0.361. The number of carbonyl (C=O) groups is 1. The van der Waals surface area contributed by atoms with Crippen molar-refractivity contribution in [3.63, 3.8) is 0 Å². The molecule has 0 unspecified atom stereocenters. The van der Waals surface area contributed by atoms with Crippen LogP contribution in [0.1, 0.15) is 11.1 Å². The third kappa shape index (κ3) is 3.65. The van der Waals surface area contributed by atoms with Crippen LogP contribution in [0.5, 0.6) is 0 Å². The van der Waals surface area contributed by atoms with Crippen LogP contribution in [-0.2, 0) is 17.8 Å². The molecule has 0 spiro atoms. The molecule has 3 nitrogen and oxygen atoms in total. The molecule has 0 radical (unpaired) electrons. The van der Waals surface area contributed by atoms with Crippen LogP contribution < -0.4 is 11.1 Å². The molecule has 0 bridgehead atoms. The number of halogens is 2. The Morgan fingerprint density at radius 3 is 2.50 bits per heavy atom. The van der Waals surface area contributed by atoms with Crippen LogP contribution in [0.3, 0.4) is 0 Å². The summed E-state index contributed by atoms with van der Waals surface area (Å²) in [5, 5.41) is 4.31. The fourth-order valence-corrected chi connectivity index (χ4v) is 2.30. The highest BCUT2D eigenvalue weighted by molar-refractivity contribution is 6.42. The van der Waals surface area contributed by atoms with Crippen LogP contribution in [0, 0.1) is 0 Å². The molecule has 0 atom stereocenters. The maximum absolute atomic E-state index is 11.0. The lowest BCUT2D eigenvalue weighted by atomic mass is 10.1. The van der Waals surface area contributed by atoms with Gasteiger partial charge in [-0.15, -0.1) is 0 Å². The van der Waals surface area contributed by atoms with E-state index in [2.05, 4.69) is 5.32 Å². The molecule has 0 saturated carbocycles. The average molecular weight is 309 g/mol. The average Bonchev–Trinajstić information content (AvgIpc) is 2.41. The molecular formula is C15H14Cl2N2O. The predicted octanol–water partition coefficient (Wildman–Crippen LogP) is 3.63. The number of anilines is 1. The Labute approximate surface area is 127 Å². The van der Waals surface area contributed by atoms with Gasteiger partial charge in [0.2, 0.25) is 5.91 Å². The smallest absolute Gasteiger partial charge is 0.221 e. The molecule has 2 rings (SSSR count). The van der Waals surface area contributed by atoms with Crippen molar-refractivity contribution in [2.24, 2.45) is 5.73 Å². The number of primary amides is 1. The van der Waals surface area contributed by atoms with E-state index < -0.39 is 0 Å². The third-order valence-corrected chi connectivity index (χ3v) is 3.74. The van der Waals surface area contributed by atoms with Gasteiger partial charge in [-0.3, -0.25) is 4.79 Å². The van der Waals surface area contributed by atoms with Gasteiger partial charge in [0, 0.05) is 12.2 Å². The highest BCUT2D eigenvalue weighted by Gasteiger charge is 2.07. The van der Waals surface area contributed by atoms with Crippen LogP contribution in [0.15, 0.2) is 42.5 Å². The number of hydrogen-bond donors (Lipinski definition) is 2. The standard InChI is InChI=1S/C15H14Cl2N2O/c16-12-6-3-5-11(15(12)17)9-19-13-7-2-1-4-10(13)8-14(18)20/h1-7,19H,8-9H2,(H2,18,20). The van der Waals surface area contributed by atoms with Gasteiger partial charge in [-0.2, -0.15) is 0 Å². The second-order valence-corrected chi connectivity index (χ2v) is 5.15. The zero-order chi connectivity index (χ0) is 14.5. The number of rotatable bonds is 5. The van der Waals surface area contributed by atoms with E-state index in [1.807, 2.05) is 36.4 Å². The van der Waals surface area contributed by atoms with E-state index in [-0.39, 0.29) is 12.3 Å². The SMILES string of the molecule is NC(=O)Cc1ccccc1NCc1cccc(Cl)c1Cl. The molecule has 0 aromatic heterocycles. The van der Waals surface area contributed by atoms with Crippen LogP contribution in [-0.4, -0.2) is 5.91 Å². The second-order valence-electron chi connectivity index (χ2n) is 4.37. The highest BCUT2D eigenvalue weighted by atomic mass is 35.5. The molecule has 0 aliphatic heterocycles. The van der Waals surface area contributed by atoms with Gasteiger partial charge in [-0.05, 0) is 23.3 Å². The Morgan fingerprint density at radius 2 is 1.75 bits per heavy atom. The minimum absolute atomic E-state index is 0.201. The number of hydrogen-bond acceptors (Lipinski definition) is 2. The maximum atomic E-state index is 11.0. The molecule has 0 aliphatic carbocycles. The van der Waals surface area contributed by atoms with Gasteiger partial charge in [-0.25, -0.2) is 0 Å². The van der Waals surface area contributed by atoms with E-state index in [1.54, 1.807) is 6.07 Å². The van der Waals surface area contributed by atoms with Crippen molar-refractivity contribution in [3.05, 3.63) is 63.6 Å². The molecule has 20 heavy (non-hydrogen) atoms. The monoisotopic (exact) mass is 308 g/mol. The summed E-state index contributed by atoms with van der Waals surface area (Å²) >= 11 is 12.1. The van der Waals surface area contributed by atoms with Crippen molar-refractivity contribution in [1.29, 1.82) is 0 Å². The minimum Gasteiger partial charge on any atom is -0.381 e. The first-order chi connectivity index (χ1) is 9.58. The molecule has 104 valence electrons. The van der Waals surface area contributed by atoms with Crippen molar-refractivity contribution in [2.75, 3.05) is 5.32 Å². The number of amides is 1. The first-order valence-corrected chi connectivity index (χ1v) is 6.86. The summed E-state index contributed by atoms with van der Waals surface area (Å²) in [6, 6.07) is 13.0. The first kappa shape index (κ1) is 14.7. The molecular weight excluding hydrogens is 295 g/mol. The summed E-state index contributed by atoms with van der Waals surface area (Å²) in [6.07, 6.45) is 0.201. The largest absolute Gasteiger partial charge is 0.381 e. The van der Waals surface area contributed by atoms with Crippen molar-refractivity contribution in [3.8, 4) is 0 Å². The topological polar surface area (TPSA) is 55.1 Å². The van der Waals surface area contributed by atoms with Crippen molar-refractivity contribution in [2.45, 2.75) is 13.0 Å². The van der Waals surface area contributed by atoms with E-state index in [0.717, 1.165) is 16.8 Å². The maximum Gasteiger partial charge on any atom is 0.221 e. The number of carbonyl (C=O) groups excluding carboxylic acids is 1. The van der Waals surface area contributed by atoms with E-state index in [1.165, 1.54) is 0 Å². The normalized spacial score (nSPS) is 10.3. The quantitative estimate of drug-likeness (QED) is 0.886. The van der Waals surface area contributed by atoms with Gasteiger partial charge in [0.15, 0.2) is 0 Å². The lowest BCUT2D eigenvalue weighted by molar-refractivity contribution is -0.117. The Hall–Kier alpha value is -1.71. The number of nitrogens with one attached hydrogen (secondary N) is 1. The zero-order valence-corrected chi connectivity index (χ0v) is 12.2. The second kappa shape index (κ2) is 6.64. The molecule has 0 saturated heterocycles. The van der Waals surface area contributed by atoms with Crippen molar-refractivity contribution < 1.29 is 4.79 Å². The fraction of sp³-hybridized carbons (Fsp3) is 0.133. The number of benzene rings is 2. The van der Waals surface area contributed by atoms with Crippen molar-refractivity contribution >= 4 is 34.8 Å². The molecule has 2 aromatic carbocycles. The molecule has 0 aliphatic rings. The van der Waals surface area contributed by atoms with Crippen LogP contribution >= 0.6 is 23.2 Å². The third-order valence-electron chi connectivity index (χ3n) is 2.88. The van der Waals surface area contributed by atoms with Gasteiger partial charge in [0.1, 0.15) is 0 Å². The van der Waals surface area contributed by atoms with Gasteiger partial charge in [-0.1, -0.05) is 53.5 Å². The summed E-state index contributed by atoms with van der Waals surface area (Å²) in [4.78, 5) is 11.0. The van der Waals surface area contributed by atoms with Gasteiger partial charge < -0.3 is 11.1 Å².